The SMILES string of the molecule is C[C@H]1[C@@H](NC(=S)NNC(=O)CCN2C(=O)CSc3ccccc32)CCC[C@@H]1C. The van der Waals surface area contributed by atoms with E-state index in [1.165, 1.54) is 24.6 Å². The van der Waals surface area contributed by atoms with Crippen LogP contribution in [0.2, 0.25) is 0 Å². The van der Waals surface area contributed by atoms with E-state index in [-0.39, 0.29) is 18.2 Å². The third kappa shape index (κ3) is 5.17. The van der Waals surface area contributed by atoms with Crippen molar-refractivity contribution in [3.05, 3.63) is 24.3 Å². The lowest BCUT2D eigenvalue weighted by Gasteiger charge is -2.35. The molecule has 2 aliphatic rings. The number of anilines is 1. The van der Waals surface area contributed by atoms with E-state index >= 15 is 0 Å². The fraction of sp³-hybridized carbons (Fsp3) is 0.550. The molecule has 1 aromatic rings. The Morgan fingerprint density at radius 2 is 2.04 bits per heavy atom. The molecule has 1 aliphatic carbocycles. The standard InChI is InChI=1S/C20H28N4O2S2/c1-13-6-5-7-15(14(13)2)21-20(27)23-22-18(25)10-11-24-16-8-3-4-9-17(16)28-12-19(24)26/h3-4,8-9,13-15H,5-7,10-12H2,1-2H3,(H,22,25)(H2,21,23,27)/t13-,14+,15-/m0/s1. The Morgan fingerprint density at radius 1 is 1.25 bits per heavy atom. The van der Waals surface area contributed by atoms with Gasteiger partial charge in [0.15, 0.2) is 5.11 Å². The van der Waals surface area contributed by atoms with Crippen LogP contribution in [0.25, 0.3) is 0 Å². The number of fused-ring (bicyclic) bond motifs is 1. The molecule has 1 heterocycles. The Bertz CT molecular complexity index is 743. The van der Waals surface area contributed by atoms with Gasteiger partial charge in [0, 0.05) is 23.9 Å². The van der Waals surface area contributed by atoms with Crippen LogP contribution in [0.3, 0.4) is 0 Å². The number of hydrogen-bond acceptors (Lipinski definition) is 4. The maximum atomic E-state index is 12.2. The first-order chi connectivity index (χ1) is 13.5. The number of amides is 2. The van der Waals surface area contributed by atoms with E-state index in [1.807, 2.05) is 24.3 Å². The molecule has 3 N–H and O–H groups in total. The number of benzene rings is 1. The van der Waals surface area contributed by atoms with Gasteiger partial charge < -0.3 is 10.2 Å². The summed E-state index contributed by atoms with van der Waals surface area (Å²) in [5.74, 6) is 1.46. The quantitative estimate of drug-likeness (QED) is 0.514. The molecule has 1 fully saturated rings. The number of para-hydroxylation sites is 1. The van der Waals surface area contributed by atoms with Crippen molar-refractivity contribution >= 4 is 46.6 Å². The summed E-state index contributed by atoms with van der Waals surface area (Å²) in [6.07, 6.45) is 3.75. The first kappa shape index (κ1) is 20.9. The van der Waals surface area contributed by atoms with Crippen LogP contribution in [0.1, 0.15) is 39.5 Å². The molecule has 3 rings (SSSR count). The molecule has 8 heteroatoms. The van der Waals surface area contributed by atoms with Gasteiger partial charge in [-0.2, -0.15) is 0 Å². The number of thioether (sulfide) groups is 1. The Kier molecular flexibility index (Phi) is 7.18. The van der Waals surface area contributed by atoms with Crippen LogP contribution >= 0.6 is 24.0 Å². The Balaban J connectivity index is 1.43. The van der Waals surface area contributed by atoms with Crippen molar-refractivity contribution in [2.45, 2.75) is 50.5 Å². The lowest BCUT2D eigenvalue weighted by Crippen LogP contribution is -2.52. The second kappa shape index (κ2) is 9.60. The molecule has 0 unspecified atom stereocenters. The smallest absolute Gasteiger partial charge is 0.240 e. The van der Waals surface area contributed by atoms with Gasteiger partial charge >= 0.3 is 0 Å². The second-order valence-electron chi connectivity index (χ2n) is 7.57. The summed E-state index contributed by atoms with van der Waals surface area (Å²) in [6.45, 7) is 4.87. The van der Waals surface area contributed by atoms with Gasteiger partial charge in [0.05, 0.1) is 11.4 Å². The molecule has 152 valence electrons. The number of carbonyl (C=O) groups is 2. The maximum absolute atomic E-state index is 12.2. The molecule has 1 saturated carbocycles. The van der Waals surface area contributed by atoms with Crippen molar-refractivity contribution in [3.63, 3.8) is 0 Å². The second-order valence-corrected chi connectivity index (χ2v) is 9.00. The Morgan fingerprint density at radius 3 is 2.86 bits per heavy atom. The van der Waals surface area contributed by atoms with E-state index in [1.54, 1.807) is 4.90 Å². The van der Waals surface area contributed by atoms with Crippen molar-refractivity contribution in [2.75, 3.05) is 17.2 Å². The number of thiocarbonyl (C=S) groups is 1. The molecule has 3 atom stereocenters. The van der Waals surface area contributed by atoms with Crippen LogP contribution in [0, 0.1) is 11.8 Å². The highest BCUT2D eigenvalue weighted by molar-refractivity contribution is 8.00. The minimum Gasteiger partial charge on any atom is -0.358 e. The van der Waals surface area contributed by atoms with Crippen molar-refractivity contribution in [1.82, 2.24) is 16.2 Å². The largest absolute Gasteiger partial charge is 0.358 e. The lowest BCUT2D eigenvalue weighted by molar-refractivity contribution is -0.121. The van der Waals surface area contributed by atoms with E-state index in [9.17, 15) is 9.59 Å². The summed E-state index contributed by atoms with van der Waals surface area (Å²) in [4.78, 5) is 27.2. The molecular formula is C20H28N4O2S2. The molecule has 1 aromatic carbocycles. The maximum Gasteiger partial charge on any atom is 0.240 e. The zero-order valence-corrected chi connectivity index (χ0v) is 18.0. The zero-order chi connectivity index (χ0) is 20.1. The van der Waals surface area contributed by atoms with Crippen molar-refractivity contribution in [1.29, 1.82) is 0 Å². The molecule has 1 aliphatic heterocycles. The van der Waals surface area contributed by atoms with E-state index in [0.717, 1.165) is 17.0 Å². The minimum atomic E-state index is -0.197. The number of carbonyl (C=O) groups excluding carboxylic acids is 2. The van der Waals surface area contributed by atoms with Gasteiger partial charge in [0.25, 0.3) is 0 Å². The highest BCUT2D eigenvalue weighted by Crippen LogP contribution is 2.34. The average Bonchev–Trinajstić information content (AvgIpc) is 2.69. The summed E-state index contributed by atoms with van der Waals surface area (Å²) in [6, 6.07) is 8.11. The van der Waals surface area contributed by atoms with Crippen LogP contribution in [-0.2, 0) is 9.59 Å². The van der Waals surface area contributed by atoms with Crippen molar-refractivity contribution in [2.24, 2.45) is 11.8 Å². The van der Waals surface area contributed by atoms with E-state index < -0.39 is 0 Å². The van der Waals surface area contributed by atoms with Crippen LogP contribution < -0.4 is 21.1 Å². The van der Waals surface area contributed by atoms with Crippen LogP contribution in [0.5, 0.6) is 0 Å². The summed E-state index contributed by atoms with van der Waals surface area (Å²) in [7, 11) is 0. The summed E-state index contributed by atoms with van der Waals surface area (Å²) in [5, 5.41) is 3.76. The highest BCUT2D eigenvalue weighted by atomic mass is 32.2. The predicted octanol–water partition coefficient (Wildman–Crippen LogP) is 2.84. The number of hydrazine groups is 1. The molecule has 2 amide bonds. The number of nitrogens with one attached hydrogen (secondary N) is 3. The first-order valence-electron chi connectivity index (χ1n) is 9.83. The third-order valence-corrected chi connectivity index (χ3v) is 6.98. The topological polar surface area (TPSA) is 73.5 Å². The summed E-state index contributed by atoms with van der Waals surface area (Å²) in [5.41, 5.74) is 6.31. The fourth-order valence-electron chi connectivity index (χ4n) is 3.79. The van der Waals surface area contributed by atoms with Gasteiger partial charge in [-0.1, -0.05) is 38.8 Å². The fourth-order valence-corrected chi connectivity index (χ4v) is 4.93. The molecule has 0 radical (unpaired) electrons. The number of nitrogens with zero attached hydrogens (tertiary/aromatic N) is 1. The van der Waals surface area contributed by atoms with Crippen LogP contribution in [0.4, 0.5) is 5.69 Å². The monoisotopic (exact) mass is 420 g/mol. The highest BCUT2D eigenvalue weighted by Gasteiger charge is 2.27. The minimum absolute atomic E-state index is 0.0297. The van der Waals surface area contributed by atoms with Gasteiger partial charge in [0.2, 0.25) is 11.8 Å². The predicted molar refractivity (Wildman–Crippen MR) is 117 cm³/mol. The Labute approximate surface area is 176 Å². The van der Waals surface area contributed by atoms with E-state index in [4.69, 9.17) is 12.2 Å². The lowest BCUT2D eigenvalue weighted by atomic mass is 9.78. The van der Waals surface area contributed by atoms with Gasteiger partial charge in [-0.3, -0.25) is 20.4 Å². The summed E-state index contributed by atoms with van der Waals surface area (Å²) < 4.78 is 0. The first-order valence-corrected chi connectivity index (χ1v) is 11.2. The zero-order valence-electron chi connectivity index (χ0n) is 16.4. The van der Waals surface area contributed by atoms with Gasteiger partial charge in [0.1, 0.15) is 0 Å². The molecule has 0 aromatic heterocycles. The summed E-state index contributed by atoms with van der Waals surface area (Å²) >= 11 is 6.86. The average molecular weight is 421 g/mol. The molecule has 28 heavy (non-hydrogen) atoms. The van der Waals surface area contributed by atoms with Crippen molar-refractivity contribution < 1.29 is 9.59 Å². The van der Waals surface area contributed by atoms with Gasteiger partial charge in [-0.15, -0.1) is 11.8 Å². The number of rotatable bonds is 4. The van der Waals surface area contributed by atoms with E-state index in [2.05, 4.69) is 30.0 Å². The molecular weight excluding hydrogens is 392 g/mol. The molecule has 0 bridgehead atoms. The molecule has 6 nitrogen and oxygen atoms in total. The van der Waals surface area contributed by atoms with E-state index in [0.29, 0.717) is 35.3 Å². The van der Waals surface area contributed by atoms with Crippen molar-refractivity contribution in [3.8, 4) is 0 Å². The normalized spacial score (nSPS) is 24.3. The third-order valence-electron chi connectivity index (χ3n) is 5.71. The van der Waals surface area contributed by atoms with Gasteiger partial charge in [-0.05, 0) is 42.6 Å². The Hall–Kier alpha value is -1.80. The number of hydrogen-bond donors (Lipinski definition) is 3. The van der Waals surface area contributed by atoms with Gasteiger partial charge in [-0.25, -0.2) is 0 Å². The van der Waals surface area contributed by atoms with Crippen LogP contribution in [-0.4, -0.2) is 35.3 Å². The molecule has 0 saturated heterocycles. The molecule has 0 spiro atoms. The van der Waals surface area contributed by atoms with Crippen LogP contribution in [0.15, 0.2) is 29.2 Å².